The van der Waals surface area contributed by atoms with E-state index < -0.39 is 5.60 Å². The lowest BCUT2D eigenvalue weighted by Crippen LogP contribution is -2.42. The maximum atomic E-state index is 12.5. The van der Waals surface area contributed by atoms with E-state index in [0.717, 1.165) is 47.0 Å². The minimum Gasteiger partial charge on any atom is -0.444 e. The summed E-state index contributed by atoms with van der Waals surface area (Å²) in [5.74, 6) is 0.197. The molecule has 1 aliphatic rings. The number of carbonyl (C=O) groups is 1. The van der Waals surface area contributed by atoms with Gasteiger partial charge in [-0.15, -0.1) is 0 Å². The number of piperidine rings is 1. The first-order valence-electron chi connectivity index (χ1n) is 8.97. The smallest absolute Gasteiger partial charge is 0.410 e. The third-order valence-electron chi connectivity index (χ3n) is 4.69. The predicted octanol–water partition coefficient (Wildman–Crippen LogP) is 3.62. The fourth-order valence-corrected chi connectivity index (χ4v) is 3.60. The van der Waals surface area contributed by atoms with Gasteiger partial charge in [-0.05, 0) is 39.7 Å². The van der Waals surface area contributed by atoms with Gasteiger partial charge in [0.2, 0.25) is 0 Å². The standard InChI is InChI=1S/C19H23N5O2/c1-19(2,3)26-18(25)24-8-4-5-12(10-24)16-15-13-6-7-20-17(13)21-9-14(15)22-11-23-16/h6-7,9,11-12H,4-5,8,10H2,1-3H3,(H,22,23). The molecule has 26 heavy (non-hydrogen) atoms. The van der Waals surface area contributed by atoms with Crippen molar-refractivity contribution in [2.24, 2.45) is 0 Å². The molecule has 1 fully saturated rings. The van der Waals surface area contributed by atoms with Crippen molar-refractivity contribution in [1.82, 2.24) is 24.8 Å². The lowest BCUT2D eigenvalue weighted by molar-refractivity contribution is 0.0197. The predicted molar refractivity (Wildman–Crippen MR) is 99.0 cm³/mol. The highest BCUT2D eigenvalue weighted by atomic mass is 16.6. The van der Waals surface area contributed by atoms with Crippen molar-refractivity contribution in [3.8, 4) is 0 Å². The van der Waals surface area contributed by atoms with E-state index in [9.17, 15) is 4.79 Å². The van der Waals surface area contributed by atoms with Gasteiger partial charge in [-0.1, -0.05) is 0 Å². The molecule has 0 spiro atoms. The molecule has 0 aromatic carbocycles. The molecule has 1 amide bonds. The zero-order chi connectivity index (χ0) is 18.3. The van der Waals surface area contributed by atoms with Crippen LogP contribution in [-0.2, 0) is 4.74 Å². The quantitative estimate of drug-likeness (QED) is 0.722. The van der Waals surface area contributed by atoms with E-state index in [-0.39, 0.29) is 12.0 Å². The summed E-state index contributed by atoms with van der Waals surface area (Å²) in [6, 6.07) is 1.97. The second kappa shape index (κ2) is 6.23. The summed E-state index contributed by atoms with van der Waals surface area (Å²) >= 11 is 0. The molecular formula is C19H23N5O2. The Morgan fingerprint density at radius 3 is 2.96 bits per heavy atom. The van der Waals surface area contributed by atoms with E-state index in [1.54, 1.807) is 23.6 Å². The molecule has 4 heterocycles. The molecule has 0 radical (unpaired) electrons. The zero-order valence-corrected chi connectivity index (χ0v) is 15.3. The number of likely N-dealkylation sites (tertiary alicyclic amines) is 1. The molecule has 7 nitrogen and oxygen atoms in total. The Hall–Kier alpha value is -2.70. The number of pyridine rings is 1. The average molecular weight is 353 g/mol. The van der Waals surface area contributed by atoms with Crippen LogP contribution in [0.15, 0.2) is 24.8 Å². The highest BCUT2D eigenvalue weighted by Gasteiger charge is 2.30. The minimum atomic E-state index is -0.488. The highest BCUT2D eigenvalue weighted by molar-refractivity contribution is 6.04. The molecule has 1 N–H and O–H groups in total. The van der Waals surface area contributed by atoms with Gasteiger partial charge in [-0.3, -0.25) is 0 Å². The molecule has 0 saturated carbocycles. The zero-order valence-electron chi connectivity index (χ0n) is 15.3. The van der Waals surface area contributed by atoms with Gasteiger partial charge < -0.3 is 14.6 Å². The SMILES string of the molecule is CC(C)(C)OC(=O)N1CCCC(c2[nH]cnc3cnc4nccc4c23)C1. The van der Waals surface area contributed by atoms with Crippen molar-refractivity contribution in [3.63, 3.8) is 0 Å². The Labute approximate surface area is 151 Å². The van der Waals surface area contributed by atoms with Crippen LogP contribution in [0.4, 0.5) is 4.79 Å². The molecule has 0 bridgehead atoms. The number of rotatable bonds is 1. The van der Waals surface area contributed by atoms with Gasteiger partial charge in [0, 0.05) is 41.7 Å². The van der Waals surface area contributed by atoms with Gasteiger partial charge in [0.1, 0.15) is 5.60 Å². The van der Waals surface area contributed by atoms with Crippen LogP contribution in [0.25, 0.3) is 21.9 Å². The van der Waals surface area contributed by atoms with E-state index in [1.807, 2.05) is 26.8 Å². The summed E-state index contributed by atoms with van der Waals surface area (Å²) in [4.78, 5) is 30.7. The van der Waals surface area contributed by atoms with E-state index in [1.165, 1.54) is 0 Å². The Bertz CT molecular complexity index is 959. The van der Waals surface area contributed by atoms with Crippen molar-refractivity contribution in [1.29, 1.82) is 0 Å². The number of amides is 1. The van der Waals surface area contributed by atoms with Gasteiger partial charge in [-0.25, -0.2) is 19.7 Å². The molecule has 0 aliphatic carbocycles. The minimum absolute atomic E-state index is 0.197. The van der Waals surface area contributed by atoms with Crippen LogP contribution in [0, 0.1) is 0 Å². The van der Waals surface area contributed by atoms with Crippen molar-refractivity contribution in [2.45, 2.75) is 45.1 Å². The maximum Gasteiger partial charge on any atom is 0.410 e. The summed E-state index contributed by atoms with van der Waals surface area (Å²) in [7, 11) is 0. The van der Waals surface area contributed by atoms with Gasteiger partial charge in [0.15, 0.2) is 5.65 Å². The van der Waals surface area contributed by atoms with Crippen molar-refractivity contribution in [3.05, 3.63) is 30.5 Å². The molecule has 3 aromatic rings. The summed E-state index contributed by atoms with van der Waals surface area (Å²) in [6.07, 6.45) is 6.93. The summed E-state index contributed by atoms with van der Waals surface area (Å²) in [6.45, 7) is 7.03. The number of aromatic amines is 1. The van der Waals surface area contributed by atoms with Crippen LogP contribution in [-0.4, -0.2) is 49.6 Å². The van der Waals surface area contributed by atoms with E-state index in [0.29, 0.717) is 6.54 Å². The molecular weight excluding hydrogens is 330 g/mol. The summed E-state index contributed by atoms with van der Waals surface area (Å²) < 4.78 is 5.55. The number of nitrogens with zero attached hydrogens (tertiary/aromatic N) is 4. The lowest BCUT2D eigenvalue weighted by atomic mass is 9.92. The van der Waals surface area contributed by atoms with Crippen LogP contribution in [0.5, 0.6) is 0 Å². The van der Waals surface area contributed by atoms with Crippen LogP contribution < -0.4 is 0 Å². The third kappa shape index (κ3) is 3.09. The van der Waals surface area contributed by atoms with Crippen molar-refractivity contribution < 1.29 is 9.53 Å². The van der Waals surface area contributed by atoms with Crippen LogP contribution in [0.2, 0.25) is 0 Å². The van der Waals surface area contributed by atoms with Crippen molar-refractivity contribution in [2.75, 3.05) is 13.1 Å². The molecule has 3 aromatic heterocycles. The number of hydrogen-bond donors (Lipinski definition) is 1. The van der Waals surface area contributed by atoms with Gasteiger partial charge in [-0.2, -0.15) is 0 Å². The average Bonchev–Trinajstić information content (AvgIpc) is 3.09. The number of hydrogen-bond acceptors (Lipinski definition) is 5. The molecule has 136 valence electrons. The van der Waals surface area contributed by atoms with E-state index in [4.69, 9.17) is 4.74 Å². The molecule has 1 unspecified atom stereocenters. The normalized spacial score (nSPS) is 18.4. The summed E-state index contributed by atoms with van der Waals surface area (Å²) in [5.41, 5.74) is 2.16. The molecule has 4 rings (SSSR count). The van der Waals surface area contributed by atoms with Crippen LogP contribution in [0.1, 0.15) is 45.2 Å². The lowest BCUT2D eigenvalue weighted by Gasteiger charge is -2.34. The fraction of sp³-hybridized carbons (Fsp3) is 0.474. The third-order valence-corrected chi connectivity index (χ3v) is 4.69. The fourth-order valence-electron chi connectivity index (χ4n) is 3.60. The first-order chi connectivity index (χ1) is 12.4. The maximum absolute atomic E-state index is 12.5. The Morgan fingerprint density at radius 1 is 1.31 bits per heavy atom. The van der Waals surface area contributed by atoms with Crippen molar-refractivity contribution >= 4 is 28.0 Å². The number of H-pyrrole nitrogens is 1. The Kier molecular flexibility index (Phi) is 4.01. The molecule has 1 atom stereocenters. The number of ether oxygens (including phenoxy) is 1. The monoisotopic (exact) mass is 353 g/mol. The largest absolute Gasteiger partial charge is 0.444 e. The first-order valence-corrected chi connectivity index (χ1v) is 8.97. The summed E-state index contributed by atoms with van der Waals surface area (Å²) in [5, 5.41) is 2.04. The first kappa shape index (κ1) is 16.8. The number of fused-ring (bicyclic) bond motifs is 3. The number of aromatic nitrogens is 4. The Balaban J connectivity index is 1.69. The molecule has 7 heteroatoms. The number of nitrogens with one attached hydrogen (secondary N) is 1. The number of carbonyl (C=O) groups excluding carboxylic acids is 1. The van der Waals surface area contributed by atoms with Crippen LogP contribution in [0.3, 0.4) is 0 Å². The van der Waals surface area contributed by atoms with Crippen LogP contribution >= 0.6 is 0 Å². The van der Waals surface area contributed by atoms with E-state index >= 15 is 0 Å². The van der Waals surface area contributed by atoms with Gasteiger partial charge >= 0.3 is 6.09 Å². The van der Waals surface area contributed by atoms with E-state index in [2.05, 4.69) is 19.9 Å². The second-order valence-corrected chi connectivity index (χ2v) is 7.78. The van der Waals surface area contributed by atoms with Gasteiger partial charge in [0.25, 0.3) is 0 Å². The van der Waals surface area contributed by atoms with Gasteiger partial charge in [0.05, 0.1) is 18.0 Å². The Morgan fingerprint density at radius 2 is 2.15 bits per heavy atom. The second-order valence-electron chi connectivity index (χ2n) is 7.78. The topological polar surface area (TPSA) is 84.0 Å². The molecule has 1 aliphatic heterocycles. The molecule has 1 saturated heterocycles. The highest BCUT2D eigenvalue weighted by Crippen LogP contribution is 2.33.